The van der Waals surface area contributed by atoms with E-state index in [9.17, 15) is 14.7 Å². The van der Waals surface area contributed by atoms with Crippen LogP contribution in [0.5, 0.6) is 0 Å². The van der Waals surface area contributed by atoms with Crippen LogP contribution in [-0.2, 0) is 10.3 Å². The van der Waals surface area contributed by atoms with Gasteiger partial charge in [-0.25, -0.2) is 4.79 Å². The van der Waals surface area contributed by atoms with Crippen molar-refractivity contribution < 1.29 is 14.7 Å². The van der Waals surface area contributed by atoms with Gasteiger partial charge in [0.25, 0.3) is 5.91 Å². The van der Waals surface area contributed by atoms with E-state index in [1.165, 1.54) is 16.0 Å². The Labute approximate surface area is 142 Å². The zero-order valence-corrected chi connectivity index (χ0v) is 14.1. The molecule has 0 saturated carbocycles. The number of carbonyl (C=O) groups is 2. The Balaban J connectivity index is 1.79. The van der Waals surface area contributed by atoms with Gasteiger partial charge in [0, 0.05) is 32.1 Å². The van der Waals surface area contributed by atoms with Crippen LogP contribution >= 0.6 is 22.9 Å². The van der Waals surface area contributed by atoms with Crippen molar-refractivity contribution in [2.75, 3.05) is 13.1 Å². The quantitative estimate of drug-likeness (QED) is 0.920. The Morgan fingerprint density at radius 3 is 2.57 bits per heavy atom. The smallest absolute Gasteiger partial charge is 0.331 e. The molecule has 1 saturated heterocycles. The lowest BCUT2D eigenvalue weighted by atomic mass is 9.87. The van der Waals surface area contributed by atoms with Gasteiger partial charge in [-0.05, 0) is 23.9 Å². The van der Waals surface area contributed by atoms with Crippen molar-refractivity contribution in [2.45, 2.75) is 25.3 Å². The molecule has 1 aliphatic rings. The van der Waals surface area contributed by atoms with Crippen molar-refractivity contribution in [2.24, 2.45) is 0 Å². The van der Waals surface area contributed by atoms with Gasteiger partial charge in [0.05, 0.1) is 11.2 Å². The number of hydrogen-bond donors (Lipinski definition) is 1. The first-order valence-corrected chi connectivity index (χ1v) is 8.47. The molecule has 1 fully saturated rings. The van der Waals surface area contributed by atoms with E-state index in [2.05, 4.69) is 5.10 Å². The van der Waals surface area contributed by atoms with Gasteiger partial charge >= 0.3 is 5.97 Å². The summed E-state index contributed by atoms with van der Waals surface area (Å²) in [7, 11) is 0. The van der Waals surface area contributed by atoms with Crippen LogP contribution in [0.4, 0.5) is 0 Å². The average molecular weight is 354 g/mol. The molecule has 1 N–H and O–H groups in total. The number of aliphatic carboxylic acids is 1. The van der Waals surface area contributed by atoms with Crippen molar-refractivity contribution in [3.05, 3.63) is 39.3 Å². The third kappa shape index (κ3) is 2.74. The first-order valence-electron chi connectivity index (χ1n) is 7.21. The van der Waals surface area contributed by atoms with Crippen molar-refractivity contribution in [3.8, 4) is 0 Å². The number of rotatable bonds is 3. The monoisotopic (exact) mass is 353 g/mol. The van der Waals surface area contributed by atoms with Crippen LogP contribution in [0.3, 0.4) is 0 Å². The predicted molar refractivity (Wildman–Crippen MR) is 87.0 cm³/mol. The number of amides is 1. The minimum absolute atomic E-state index is 0.138. The fourth-order valence-electron chi connectivity index (χ4n) is 2.86. The molecule has 0 unspecified atom stereocenters. The molecule has 8 heteroatoms. The minimum atomic E-state index is -1.09. The number of carboxylic acid groups (broad SMARTS) is 1. The predicted octanol–water partition coefficient (Wildman–Crippen LogP) is 2.62. The van der Waals surface area contributed by atoms with E-state index in [0.29, 0.717) is 35.8 Å². The maximum absolute atomic E-state index is 12.5. The second-order valence-electron chi connectivity index (χ2n) is 5.69. The van der Waals surface area contributed by atoms with Gasteiger partial charge in [-0.1, -0.05) is 11.6 Å². The average Bonchev–Trinajstić information content (AvgIpc) is 3.15. The Morgan fingerprint density at radius 1 is 1.39 bits per heavy atom. The lowest BCUT2D eigenvalue weighted by molar-refractivity contribution is -0.150. The molecule has 3 heterocycles. The molecule has 0 radical (unpaired) electrons. The number of carbonyl (C=O) groups excluding carboxylic acids is 1. The largest absolute Gasteiger partial charge is 0.479 e. The third-order valence-electron chi connectivity index (χ3n) is 4.24. The fraction of sp³-hybridized carbons (Fsp3) is 0.400. The number of aryl methyl sites for hydroxylation is 1. The number of aromatic nitrogens is 2. The van der Waals surface area contributed by atoms with E-state index in [0.717, 1.165) is 5.56 Å². The highest BCUT2D eigenvalue weighted by molar-refractivity contribution is 7.12. The summed E-state index contributed by atoms with van der Waals surface area (Å²) < 4.78 is 1.52. The number of piperidine rings is 1. The molecule has 0 aliphatic carbocycles. The summed E-state index contributed by atoms with van der Waals surface area (Å²) in [5.41, 5.74) is -0.181. The van der Waals surface area contributed by atoms with Crippen LogP contribution in [0.2, 0.25) is 5.02 Å². The molecular weight excluding hydrogens is 338 g/mol. The number of hydrogen-bond acceptors (Lipinski definition) is 4. The molecule has 2 aromatic rings. The van der Waals surface area contributed by atoms with Crippen LogP contribution in [0.1, 0.15) is 28.1 Å². The summed E-state index contributed by atoms with van der Waals surface area (Å²) >= 11 is 7.31. The first kappa shape index (κ1) is 16.0. The number of nitrogens with zero attached hydrogens (tertiary/aromatic N) is 3. The van der Waals surface area contributed by atoms with Gasteiger partial charge < -0.3 is 10.0 Å². The van der Waals surface area contributed by atoms with E-state index in [1.807, 2.05) is 6.92 Å². The molecular formula is C15H16ClN3O3S. The lowest BCUT2D eigenvalue weighted by Crippen LogP contribution is -2.52. The van der Waals surface area contributed by atoms with E-state index < -0.39 is 11.5 Å². The van der Waals surface area contributed by atoms with E-state index in [-0.39, 0.29) is 5.91 Å². The van der Waals surface area contributed by atoms with Gasteiger partial charge in [0.15, 0.2) is 5.54 Å². The van der Waals surface area contributed by atoms with Gasteiger partial charge in [0.2, 0.25) is 0 Å². The summed E-state index contributed by atoms with van der Waals surface area (Å²) in [6.45, 7) is 2.59. The Hall–Kier alpha value is -1.86. The highest BCUT2D eigenvalue weighted by atomic mass is 35.5. The molecule has 0 bridgehead atoms. The highest BCUT2D eigenvalue weighted by Gasteiger charge is 2.45. The number of carboxylic acids is 1. The van der Waals surface area contributed by atoms with Gasteiger partial charge in [0.1, 0.15) is 4.88 Å². The summed E-state index contributed by atoms with van der Waals surface area (Å²) in [4.78, 5) is 26.5. The molecule has 23 heavy (non-hydrogen) atoms. The molecule has 1 aliphatic heterocycles. The standard InChI is InChI=1S/C15H16ClN3O3S/c1-10-8-17-19(9-10)15(14(21)22)3-5-18(6-4-15)13(20)12-11(16)2-7-23-12/h2,7-9H,3-6H2,1H3,(H,21,22). The van der Waals surface area contributed by atoms with E-state index in [4.69, 9.17) is 11.6 Å². The normalized spacial score (nSPS) is 17.2. The van der Waals surface area contributed by atoms with Crippen molar-refractivity contribution in [1.82, 2.24) is 14.7 Å². The van der Waals surface area contributed by atoms with E-state index in [1.54, 1.807) is 28.7 Å². The molecule has 0 aromatic carbocycles. The number of thiophene rings is 1. The second-order valence-corrected chi connectivity index (χ2v) is 7.01. The SMILES string of the molecule is Cc1cnn(C2(C(=O)O)CCN(C(=O)c3sccc3Cl)CC2)c1. The van der Waals surface area contributed by atoms with Crippen molar-refractivity contribution in [3.63, 3.8) is 0 Å². The van der Waals surface area contributed by atoms with Crippen LogP contribution in [0.25, 0.3) is 0 Å². The van der Waals surface area contributed by atoms with Crippen LogP contribution in [0, 0.1) is 6.92 Å². The van der Waals surface area contributed by atoms with Gasteiger partial charge in [-0.3, -0.25) is 9.48 Å². The molecule has 122 valence electrons. The van der Waals surface area contributed by atoms with Crippen molar-refractivity contribution >= 4 is 34.8 Å². The zero-order chi connectivity index (χ0) is 16.6. The first-order chi connectivity index (χ1) is 10.9. The van der Waals surface area contributed by atoms with Crippen molar-refractivity contribution in [1.29, 1.82) is 0 Å². The maximum Gasteiger partial charge on any atom is 0.331 e. The summed E-state index contributed by atoms with van der Waals surface area (Å²) in [6.07, 6.45) is 4.02. The fourth-order valence-corrected chi connectivity index (χ4v) is 3.96. The van der Waals surface area contributed by atoms with Gasteiger partial charge in [-0.15, -0.1) is 11.3 Å². The number of likely N-dealkylation sites (tertiary alicyclic amines) is 1. The summed E-state index contributed by atoms with van der Waals surface area (Å²) in [5, 5.41) is 16.1. The lowest BCUT2D eigenvalue weighted by Gasteiger charge is -2.38. The Bertz CT molecular complexity index is 747. The Kier molecular flexibility index (Phi) is 4.16. The minimum Gasteiger partial charge on any atom is -0.479 e. The Morgan fingerprint density at radius 2 is 2.09 bits per heavy atom. The molecule has 1 amide bonds. The molecule has 0 spiro atoms. The van der Waals surface area contributed by atoms with Crippen LogP contribution in [-0.4, -0.2) is 44.8 Å². The highest BCUT2D eigenvalue weighted by Crippen LogP contribution is 2.32. The molecule has 0 atom stereocenters. The van der Waals surface area contributed by atoms with E-state index >= 15 is 0 Å². The van der Waals surface area contributed by atoms with Crippen LogP contribution in [0.15, 0.2) is 23.8 Å². The third-order valence-corrected chi connectivity index (χ3v) is 5.57. The van der Waals surface area contributed by atoms with Gasteiger partial charge in [-0.2, -0.15) is 5.10 Å². The van der Waals surface area contributed by atoms with Crippen LogP contribution < -0.4 is 0 Å². The summed E-state index contributed by atoms with van der Waals surface area (Å²) in [6, 6.07) is 1.69. The number of halogens is 1. The topological polar surface area (TPSA) is 75.4 Å². The molecule has 3 rings (SSSR count). The maximum atomic E-state index is 12.5. The molecule has 2 aromatic heterocycles. The second kappa shape index (κ2) is 5.98. The summed E-state index contributed by atoms with van der Waals surface area (Å²) in [5.74, 6) is -1.05. The zero-order valence-electron chi connectivity index (χ0n) is 12.5. The molecule has 6 nitrogen and oxygen atoms in total.